The van der Waals surface area contributed by atoms with Crippen LogP contribution in [0.2, 0.25) is 0 Å². The number of aliphatic hydroxyl groups is 1. The van der Waals surface area contributed by atoms with E-state index < -0.39 is 5.97 Å². The predicted molar refractivity (Wildman–Crippen MR) is 37.4 cm³/mol. The van der Waals surface area contributed by atoms with Gasteiger partial charge >= 0.3 is 5.97 Å². The summed E-state index contributed by atoms with van der Waals surface area (Å²) in [6, 6.07) is 1.76. The van der Waals surface area contributed by atoms with Gasteiger partial charge in [0.2, 0.25) is 0 Å². The first-order valence-corrected chi connectivity index (χ1v) is 3.05. The van der Waals surface area contributed by atoms with E-state index in [-0.39, 0.29) is 25.2 Å². The van der Waals surface area contributed by atoms with Gasteiger partial charge in [-0.2, -0.15) is 5.26 Å². The van der Waals surface area contributed by atoms with Crippen LogP contribution in [0.15, 0.2) is 12.2 Å². The molecule has 60 valence electrons. The van der Waals surface area contributed by atoms with Crippen LogP contribution in [-0.2, 0) is 9.53 Å². The van der Waals surface area contributed by atoms with Crippen molar-refractivity contribution in [2.75, 3.05) is 13.2 Å². The van der Waals surface area contributed by atoms with Crippen LogP contribution in [0.5, 0.6) is 0 Å². The predicted octanol–water partition coefficient (Wildman–Crippen LogP) is -0.00822. The summed E-state index contributed by atoms with van der Waals surface area (Å²) in [5.41, 5.74) is 0.112. The highest BCUT2D eigenvalue weighted by molar-refractivity contribution is 5.88. The van der Waals surface area contributed by atoms with Crippen LogP contribution >= 0.6 is 0 Å². The Balaban J connectivity index is 3.67. The first kappa shape index (κ1) is 9.66. The summed E-state index contributed by atoms with van der Waals surface area (Å²) in [4.78, 5) is 10.7. The van der Waals surface area contributed by atoms with Gasteiger partial charge in [0.1, 0.15) is 6.61 Å². The maximum absolute atomic E-state index is 10.7. The average Bonchev–Trinajstić information content (AvgIpc) is 2.00. The Morgan fingerprint density at radius 3 is 2.82 bits per heavy atom. The maximum Gasteiger partial charge on any atom is 0.334 e. The second-order valence-corrected chi connectivity index (χ2v) is 1.80. The third kappa shape index (κ3) is 4.12. The van der Waals surface area contributed by atoms with Crippen molar-refractivity contribution in [3.05, 3.63) is 12.2 Å². The van der Waals surface area contributed by atoms with E-state index in [1.54, 1.807) is 6.07 Å². The van der Waals surface area contributed by atoms with Gasteiger partial charge in [0, 0.05) is 5.57 Å². The molecule has 0 atom stereocenters. The highest BCUT2D eigenvalue weighted by atomic mass is 16.5. The zero-order chi connectivity index (χ0) is 8.69. The van der Waals surface area contributed by atoms with Crippen LogP contribution in [0, 0.1) is 11.3 Å². The monoisotopic (exact) mass is 155 g/mol. The molecule has 0 unspecified atom stereocenters. The number of aliphatic hydroxyl groups excluding tert-OH is 1. The van der Waals surface area contributed by atoms with E-state index in [1.165, 1.54) is 0 Å². The molecule has 0 amide bonds. The van der Waals surface area contributed by atoms with Crippen molar-refractivity contribution in [1.29, 1.82) is 5.26 Å². The second-order valence-electron chi connectivity index (χ2n) is 1.80. The van der Waals surface area contributed by atoms with E-state index in [9.17, 15) is 4.79 Å². The molecule has 0 heterocycles. The summed E-state index contributed by atoms with van der Waals surface area (Å²) < 4.78 is 4.47. The molecule has 11 heavy (non-hydrogen) atoms. The Bertz CT molecular complexity index is 192. The van der Waals surface area contributed by atoms with Crippen molar-refractivity contribution in [2.24, 2.45) is 0 Å². The lowest BCUT2D eigenvalue weighted by Crippen LogP contribution is -2.09. The molecule has 0 aliphatic heterocycles. The second kappa shape index (κ2) is 5.45. The molecule has 4 nitrogen and oxygen atoms in total. The molecule has 4 heteroatoms. The van der Waals surface area contributed by atoms with Gasteiger partial charge < -0.3 is 9.84 Å². The van der Waals surface area contributed by atoms with E-state index in [2.05, 4.69) is 11.3 Å². The lowest BCUT2D eigenvalue weighted by Gasteiger charge is -2.00. The molecule has 0 fully saturated rings. The van der Waals surface area contributed by atoms with Gasteiger partial charge in [-0.3, -0.25) is 0 Å². The molecule has 0 saturated carbocycles. The van der Waals surface area contributed by atoms with Crippen molar-refractivity contribution in [3.63, 3.8) is 0 Å². The number of carbonyl (C=O) groups is 1. The van der Waals surface area contributed by atoms with Crippen molar-refractivity contribution in [3.8, 4) is 6.07 Å². The van der Waals surface area contributed by atoms with Crippen LogP contribution in [0.3, 0.4) is 0 Å². The van der Waals surface area contributed by atoms with Crippen LogP contribution in [0.25, 0.3) is 0 Å². The minimum atomic E-state index is -0.624. The fraction of sp³-hybridized carbons (Fsp3) is 0.429. The molecule has 0 aliphatic carbocycles. The van der Waals surface area contributed by atoms with Crippen LogP contribution in [0.1, 0.15) is 6.42 Å². The molecule has 0 bridgehead atoms. The van der Waals surface area contributed by atoms with E-state index in [0.29, 0.717) is 0 Å². The number of hydrogen-bond donors (Lipinski definition) is 1. The molecule has 0 aromatic heterocycles. The number of ether oxygens (including phenoxy) is 1. The van der Waals surface area contributed by atoms with Crippen molar-refractivity contribution in [2.45, 2.75) is 6.42 Å². The van der Waals surface area contributed by atoms with Crippen molar-refractivity contribution >= 4 is 5.97 Å². The Hall–Kier alpha value is -1.34. The number of rotatable bonds is 4. The van der Waals surface area contributed by atoms with Crippen LogP contribution in [-0.4, -0.2) is 24.3 Å². The number of carbonyl (C=O) groups excluding carboxylic acids is 1. The van der Waals surface area contributed by atoms with E-state index in [0.717, 1.165) is 0 Å². The fourth-order valence-corrected chi connectivity index (χ4v) is 0.408. The number of nitrogens with zero attached hydrogens (tertiary/aromatic N) is 1. The molecule has 0 saturated heterocycles. The standard InChI is InChI=1S/C7H9NO3/c1-6(2-3-8)7(10)11-5-4-9/h9H,1-2,4-5H2. The Labute approximate surface area is 64.7 Å². The minimum absolute atomic E-state index is 0.0374. The molecule has 1 N–H and O–H groups in total. The minimum Gasteiger partial charge on any atom is -0.460 e. The summed E-state index contributed by atoms with van der Waals surface area (Å²) >= 11 is 0. The highest BCUT2D eigenvalue weighted by Crippen LogP contribution is 1.98. The van der Waals surface area contributed by atoms with E-state index in [1.807, 2.05) is 0 Å². The molecule has 0 spiro atoms. The normalized spacial score (nSPS) is 8.36. The molecule has 0 radical (unpaired) electrons. The van der Waals surface area contributed by atoms with Gasteiger partial charge in [-0.1, -0.05) is 6.58 Å². The maximum atomic E-state index is 10.7. The molecule has 0 aromatic carbocycles. The Kier molecular flexibility index (Phi) is 4.78. The first-order valence-electron chi connectivity index (χ1n) is 3.05. The third-order valence-corrected chi connectivity index (χ3v) is 0.906. The summed E-state index contributed by atoms with van der Waals surface area (Å²) in [5.74, 6) is -0.624. The van der Waals surface area contributed by atoms with E-state index in [4.69, 9.17) is 10.4 Å². The molecular formula is C7H9NO3. The fourth-order valence-electron chi connectivity index (χ4n) is 0.408. The van der Waals surface area contributed by atoms with Gasteiger partial charge in [0.25, 0.3) is 0 Å². The number of esters is 1. The lowest BCUT2D eigenvalue weighted by atomic mass is 10.2. The van der Waals surface area contributed by atoms with Crippen molar-refractivity contribution in [1.82, 2.24) is 0 Å². The smallest absolute Gasteiger partial charge is 0.334 e. The van der Waals surface area contributed by atoms with E-state index >= 15 is 0 Å². The van der Waals surface area contributed by atoms with Gasteiger partial charge in [0.05, 0.1) is 19.1 Å². The molecule has 0 rings (SSSR count). The van der Waals surface area contributed by atoms with Gasteiger partial charge in [-0.05, 0) is 0 Å². The van der Waals surface area contributed by atoms with Gasteiger partial charge in [-0.25, -0.2) is 4.79 Å². The third-order valence-electron chi connectivity index (χ3n) is 0.906. The first-order chi connectivity index (χ1) is 5.22. The zero-order valence-electron chi connectivity index (χ0n) is 6.04. The number of nitriles is 1. The van der Waals surface area contributed by atoms with Crippen LogP contribution in [0.4, 0.5) is 0 Å². The number of hydrogen-bond acceptors (Lipinski definition) is 4. The molecule has 0 aromatic rings. The van der Waals surface area contributed by atoms with Crippen molar-refractivity contribution < 1.29 is 14.6 Å². The largest absolute Gasteiger partial charge is 0.460 e. The SMILES string of the molecule is C=C(CC#N)C(=O)OCCO. The van der Waals surface area contributed by atoms with Gasteiger partial charge in [-0.15, -0.1) is 0 Å². The summed E-state index contributed by atoms with van der Waals surface area (Å²) in [6.45, 7) is 3.05. The Morgan fingerprint density at radius 1 is 1.73 bits per heavy atom. The zero-order valence-corrected chi connectivity index (χ0v) is 6.04. The quantitative estimate of drug-likeness (QED) is 0.458. The molecule has 0 aliphatic rings. The lowest BCUT2D eigenvalue weighted by molar-refractivity contribution is -0.140. The van der Waals surface area contributed by atoms with Gasteiger partial charge in [0.15, 0.2) is 0 Å². The summed E-state index contributed by atoms with van der Waals surface area (Å²) in [7, 11) is 0. The van der Waals surface area contributed by atoms with Crippen LogP contribution < -0.4 is 0 Å². The Morgan fingerprint density at radius 2 is 2.36 bits per heavy atom. The summed E-state index contributed by atoms with van der Waals surface area (Å²) in [5, 5.41) is 16.4. The molecular weight excluding hydrogens is 146 g/mol. The summed E-state index contributed by atoms with van der Waals surface area (Å²) in [6.07, 6.45) is -0.0374. The highest BCUT2D eigenvalue weighted by Gasteiger charge is 2.06. The average molecular weight is 155 g/mol. The topological polar surface area (TPSA) is 70.3 Å².